The van der Waals surface area contributed by atoms with E-state index in [2.05, 4.69) is 32.9 Å². The van der Waals surface area contributed by atoms with E-state index in [0.29, 0.717) is 43.2 Å². The maximum Gasteiger partial charge on any atom is 0.393 e. The van der Waals surface area contributed by atoms with Crippen LogP contribution < -0.4 is 16.2 Å². The third-order valence-electron chi connectivity index (χ3n) is 7.86. The van der Waals surface area contributed by atoms with Gasteiger partial charge in [0.15, 0.2) is 0 Å². The molecule has 1 aliphatic carbocycles. The zero-order valence-electron chi connectivity index (χ0n) is 17.9. The predicted octanol–water partition coefficient (Wildman–Crippen LogP) is 2.50. The molecule has 3 N–H and O–H groups in total. The summed E-state index contributed by atoms with van der Waals surface area (Å²) in [5.74, 6) is -0.147. The fourth-order valence-electron chi connectivity index (χ4n) is 6.08. The molecule has 3 saturated heterocycles. The molecule has 9 heteroatoms. The summed E-state index contributed by atoms with van der Waals surface area (Å²) in [5, 5.41) is 3.15. The molecule has 0 amide bonds. The van der Waals surface area contributed by atoms with Crippen molar-refractivity contribution in [2.45, 2.75) is 76.0 Å². The third-order valence-corrected chi connectivity index (χ3v) is 7.86. The smallest absolute Gasteiger partial charge is 0.301 e. The summed E-state index contributed by atoms with van der Waals surface area (Å²) in [4.78, 5) is 4.86. The Labute approximate surface area is 177 Å². The molecule has 0 bridgehead atoms. The van der Waals surface area contributed by atoms with Crippen LogP contribution in [0.25, 0.3) is 0 Å². The Morgan fingerprint density at radius 2 is 1.73 bits per heavy atom. The number of hydrogen-bond donors (Lipinski definition) is 3. The van der Waals surface area contributed by atoms with Crippen molar-refractivity contribution >= 4 is 0 Å². The molecule has 0 aromatic carbocycles. The van der Waals surface area contributed by atoms with E-state index >= 15 is 0 Å². The van der Waals surface area contributed by atoms with Crippen LogP contribution in [0.15, 0.2) is 0 Å². The van der Waals surface area contributed by atoms with E-state index < -0.39 is 18.3 Å². The van der Waals surface area contributed by atoms with Crippen molar-refractivity contribution < 1.29 is 17.6 Å². The average molecular weight is 436 g/mol. The SMILES string of the molecule is CC1CN(CC2CNNC2C2CCC(F)CC2)CCN1C1CCC(C(F)(F)F)CN1. The van der Waals surface area contributed by atoms with Gasteiger partial charge in [0.1, 0.15) is 6.17 Å². The number of nitrogens with zero attached hydrogens (tertiary/aromatic N) is 2. The van der Waals surface area contributed by atoms with Gasteiger partial charge >= 0.3 is 6.18 Å². The number of piperazine rings is 1. The van der Waals surface area contributed by atoms with Gasteiger partial charge in [-0.2, -0.15) is 13.2 Å². The van der Waals surface area contributed by atoms with Crippen molar-refractivity contribution in [1.29, 1.82) is 0 Å². The molecule has 5 nitrogen and oxygen atoms in total. The second-order valence-electron chi connectivity index (χ2n) is 9.91. The van der Waals surface area contributed by atoms with Gasteiger partial charge in [0.05, 0.1) is 12.1 Å². The normalized spacial score (nSPS) is 42.5. The van der Waals surface area contributed by atoms with E-state index in [0.717, 1.165) is 45.6 Å². The Morgan fingerprint density at radius 3 is 2.37 bits per heavy atom. The first-order chi connectivity index (χ1) is 14.3. The molecule has 30 heavy (non-hydrogen) atoms. The Balaban J connectivity index is 1.24. The summed E-state index contributed by atoms with van der Waals surface area (Å²) in [6, 6.07) is 0.728. The summed E-state index contributed by atoms with van der Waals surface area (Å²) < 4.78 is 52.3. The van der Waals surface area contributed by atoms with Gasteiger partial charge in [0, 0.05) is 57.3 Å². The summed E-state index contributed by atoms with van der Waals surface area (Å²) in [5.41, 5.74) is 6.78. The Bertz CT molecular complexity index is 546. The number of rotatable bonds is 4. The van der Waals surface area contributed by atoms with Crippen LogP contribution in [0.2, 0.25) is 0 Å². The summed E-state index contributed by atoms with van der Waals surface area (Å²) in [6.07, 6.45) is -0.571. The number of hydrazine groups is 1. The fourth-order valence-corrected chi connectivity index (χ4v) is 6.08. The van der Waals surface area contributed by atoms with Gasteiger partial charge in [-0.05, 0) is 51.4 Å². The molecule has 4 aliphatic rings. The molecule has 0 aromatic heterocycles. The largest absolute Gasteiger partial charge is 0.393 e. The van der Waals surface area contributed by atoms with Crippen molar-refractivity contribution in [3.05, 3.63) is 0 Å². The third kappa shape index (κ3) is 5.28. The van der Waals surface area contributed by atoms with E-state index in [1.54, 1.807) is 0 Å². The van der Waals surface area contributed by atoms with E-state index in [4.69, 9.17) is 0 Å². The molecule has 174 valence electrons. The first-order valence-electron chi connectivity index (χ1n) is 11.7. The molecule has 4 fully saturated rings. The lowest BCUT2D eigenvalue weighted by atomic mass is 9.79. The van der Waals surface area contributed by atoms with E-state index in [1.807, 2.05) is 0 Å². The molecule has 5 atom stereocenters. The molecule has 4 rings (SSSR count). The minimum atomic E-state index is -4.09. The number of alkyl halides is 4. The highest BCUT2D eigenvalue weighted by Crippen LogP contribution is 2.34. The maximum absolute atomic E-state index is 13.5. The van der Waals surface area contributed by atoms with Crippen LogP contribution >= 0.6 is 0 Å². The molecule has 1 saturated carbocycles. The highest BCUT2D eigenvalue weighted by molar-refractivity contribution is 4.94. The van der Waals surface area contributed by atoms with Gasteiger partial charge in [-0.15, -0.1) is 0 Å². The number of nitrogens with one attached hydrogen (secondary N) is 3. The first-order valence-corrected chi connectivity index (χ1v) is 11.7. The first kappa shape index (κ1) is 22.7. The van der Waals surface area contributed by atoms with Gasteiger partial charge in [0.25, 0.3) is 0 Å². The lowest BCUT2D eigenvalue weighted by molar-refractivity contribution is -0.182. The van der Waals surface area contributed by atoms with Gasteiger partial charge in [-0.25, -0.2) is 4.39 Å². The molecule has 5 unspecified atom stereocenters. The zero-order valence-corrected chi connectivity index (χ0v) is 17.9. The summed E-state index contributed by atoms with van der Waals surface area (Å²) >= 11 is 0. The van der Waals surface area contributed by atoms with Crippen molar-refractivity contribution in [2.75, 3.05) is 39.3 Å². The Kier molecular flexibility index (Phi) is 7.24. The number of piperidine rings is 1. The van der Waals surface area contributed by atoms with Gasteiger partial charge in [-0.3, -0.25) is 15.8 Å². The van der Waals surface area contributed by atoms with Crippen LogP contribution in [0.1, 0.15) is 45.4 Å². The zero-order chi connectivity index (χ0) is 21.3. The van der Waals surface area contributed by atoms with Crippen LogP contribution in [0.5, 0.6) is 0 Å². The van der Waals surface area contributed by atoms with Crippen LogP contribution in [0, 0.1) is 17.8 Å². The molecule has 0 aromatic rings. The van der Waals surface area contributed by atoms with E-state index in [9.17, 15) is 17.6 Å². The van der Waals surface area contributed by atoms with Crippen LogP contribution in [-0.4, -0.2) is 79.7 Å². The maximum atomic E-state index is 13.5. The van der Waals surface area contributed by atoms with Crippen molar-refractivity contribution in [2.24, 2.45) is 17.8 Å². The van der Waals surface area contributed by atoms with Gasteiger partial charge in [0.2, 0.25) is 0 Å². The molecular weight excluding hydrogens is 398 g/mol. The lowest BCUT2D eigenvalue weighted by Gasteiger charge is -2.47. The predicted molar refractivity (Wildman–Crippen MR) is 108 cm³/mol. The monoisotopic (exact) mass is 435 g/mol. The van der Waals surface area contributed by atoms with Crippen molar-refractivity contribution in [3.63, 3.8) is 0 Å². The van der Waals surface area contributed by atoms with Gasteiger partial charge in [-0.1, -0.05) is 0 Å². The summed E-state index contributed by atoms with van der Waals surface area (Å²) in [7, 11) is 0. The minimum absolute atomic E-state index is 0.0311. The number of hydrogen-bond acceptors (Lipinski definition) is 5. The Morgan fingerprint density at radius 1 is 0.967 bits per heavy atom. The molecule has 3 aliphatic heterocycles. The molecule has 0 radical (unpaired) electrons. The molecular formula is C21H37F4N5. The lowest BCUT2D eigenvalue weighted by Crippen LogP contribution is -2.62. The van der Waals surface area contributed by atoms with Crippen LogP contribution in [0.3, 0.4) is 0 Å². The second kappa shape index (κ2) is 9.57. The van der Waals surface area contributed by atoms with Gasteiger partial charge < -0.3 is 10.2 Å². The average Bonchev–Trinajstić information content (AvgIpc) is 3.16. The number of halogens is 4. The highest BCUT2D eigenvalue weighted by atomic mass is 19.4. The standard InChI is InChI=1S/C21H37F4N5/c1-14-12-29(8-9-30(14)19-7-4-17(11-26-19)21(23,24)25)13-16-10-27-28-20(16)15-2-5-18(22)6-3-15/h14-20,26-28H,2-13H2,1H3. The quantitative estimate of drug-likeness (QED) is 0.593. The van der Waals surface area contributed by atoms with Crippen LogP contribution in [0.4, 0.5) is 17.6 Å². The van der Waals surface area contributed by atoms with Crippen LogP contribution in [-0.2, 0) is 0 Å². The minimum Gasteiger partial charge on any atom is -0.301 e. The van der Waals surface area contributed by atoms with Crippen molar-refractivity contribution in [3.8, 4) is 0 Å². The molecule has 3 heterocycles. The van der Waals surface area contributed by atoms with E-state index in [-0.39, 0.29) is 19.1 Å². The second-order valence-corrected chi connectivity index (χ2v) is 9.91. The van der Waals surface area contributed by atoms with Crippen molar-refractivity contribution in [1.82, 2.24) is 26.0 Å². The Hall–Kier alpha value is -0.480. The fraction of sp³-hybridized carbons (Fsp3) is 1.00. The van der Waals surface area contributed by atoms with E-state index in [1.165, 1.54) is 0 Å². The highest BCUT2D eigenvalue weighted by Gasteiger charge is 2.43. The topological polar surface area (TPSA) is 42.6 Å². The molecule has 0 spiro atoms. The summed E-state index contributed by atoms with van der Waals surface area (Å²) in [6.45, 7) is 6.97.